The Balaban J connectivity index is 1.42. The largest absolute Gasteiger partial charge is 0.450 e. The highest BCUT2D eigenvalue weighted by molar-refractivity contribution is 7.18. The lowest BCUT2D eigenvalue weighted by molar-refractivity contribution is 0.211. The second-order valence-corrected chi connectivity index (χ2v) is 8.98. The smallest absolute Gasteiger partial charge is 0.397 e. The summed E-state index contributed by atoms with van der Waals surface area (Å²) >= 11 is 1.58. The number of aryl methyl sites for hydroxylation is 2. The third-order valence-electron chi connectivity index (χ3n) is 5.31. The lowest BCUT2D eigenvalue weighted by atomic mass is 10.1. The zero-order valence-corrected chi connectivity index (χ0v) is 18.8. The van der Waals surface area contributed by atoms with Crippen molar-refractivity contribution in [2.24, 2.45) is 0 Å². The number of hydrogen-bond donors (Lipinski definition) is 0. The summed E-state index contributed by atoms with van der Waals surface area (Å²) in [7, 11) is 0. The van der Waals surface area contributed by atoms with Crippen LogP contribution >= 0.6 is 11.3 Å². The number of rotatable bonds is 14. The van der Waals surface area contributed by atoms with Gasteiger partial charge in [0.05, 0.1) is 12.0 Å². The van der Waals surface area contributed by atoms with Crippen LogP contribution in [-0.4, -0.2) is 11.6 Å². The van der Waals surface area contributed by atoms with E-state index in [1.165, 1.54) is 49.0 Å². The first-order valence-corrected chi connectivity index (χ1v) is 12.2. The van der Waals surface area contributed by atoms with Gasteiger partial charge < -0.3 is 9.15 Å². The molecule has 2 heterocycles. The predicted molar refractivity (Wildman–Crippen MR) is 125 cm³/mol. The number of benzene rings is 1. The fourth-order valence-corrected chi connectivity index (χ4v) is 4.62. The molecule has 3 rings (SSSR count). The van der Waals surface area contributed by atoms with Crippen LogP contribution in [0.3, 0.4) is 0 Å². The van der Waals surface area contributed by atoms with Crippen molar-refractivity contribution < 1.29 is 9.15 Å². The van der Waals surface area contributed by atoms with Crippen molar-refractivity contribution in [2.75, 3.05) is 6.61 Å². The van der Waals surface area contributed by atoms with Gasteiger partial charge in [-0.3, -0.25) is 0 Å². The van der Waals surface area contributed by atoms with Gasteiger partial charge in [-0.25, -0.2) is 4.79 Å². The molecule has 0 amide bonds. The molecular weight excluding hydrogens is 394 g/mol. The SMILES string of the molecule is CCCCCCCCOc1nc2sc(CCCCCc3ccccc3)cc2c(=O)o1. The number of unbranched alkanes of at least 4 members (excludes halogenated alkanes) is 7. The summed E-state index contributed by atoms with van der Waals surface area (Å²) in [4.78, 5) is 18.6. The Labute approximate surface area is 183 Å². The average molecular weight is 428 g/mol. The van der Waals surface area contributed by atoms with Crippen LogP contribution in [0.2, 0.25) is 0 Å². The van der Waals surface area contributed by atoms with E-state index in [9.17, 15) is 4.79 Å². The number of aromatic nitrogens is 1. The summed E-state index contributed by atoms with van der Waals surface area (Å²) < 4.78 is 10.9. The van der Waals surface area contributed by atoms with Gasteiger partial charge in [0.15, 0.2) is 0 Å². The quantitative estimate of drug-likeness (QED) is 0.261. The fourth-order valence-electron chi connectivity index (χ4n) is 3.58. The standard InChI is InChI=1S/C25H33NO3S/c1-2-3-4-5-6-13-18-28-25-26-23-22(24(27)29-25)19-21(30-23)17-12-8-11-16-20-14-9-7-10-15-20/h7,9-10,14-15,19H,2-6,8,11-13,16-18H2,1H3. The van der Waals surface area contributed by atoms with Crippen LogP contribution in [0.1, 0.15) is 75.2 Å². The van der Waals surface area contributed by atoms with E-state index >= 15 is 0 Å². The van der Waals surface area contributed by atoms with Crippen molar-refractivity contribution in [2.45, 2.75) is 77.6 Å². The molecule has 0 radical (unpaired) electrons. The van der Waals surface area contributed by atoms with Gasteiger partial charge in [0.2, 0.25) is 0 Å². The Bertz CT molecular complexity index is 932. The molecule has 162 valence electrons. The van der Waals surface area contributed by atoms with Crippen LogP contribution in [0.4, 0.5) is 0 Å². The second-order valence-electron chi connectivity index (χ2n) is 7.86. The summed E-state index contributed by atoms with van der Waals surface area (Å²) in [5, 5.41) is 0.575. The molecule has 5 heteroatoms. The third kappa shape index (κ3) is 7.28. The Morgan fingerprint density at radius 3 is 2.50 bits per heavy atom. The zero-order valence-electron chi connectivity index (χ0n) is 18.0. The van der Waals surface area contributed by atoms with E-state index < -0.39 is 0 Å². The van der Waals surface area contributed by atoms with E-state index in [-0.39, 0.29) is 11.7 Å². The Morgan fingerprint density at radius 2 is 1.67 bits per heavy atom. The molecule has 30 heavy (non-hydrogen) atoms. The normalized spacial score (nSPS) is 11.2. The van der Waals surface area contributed by atoms with Crippen LogP contribution in [0.25, 0.3) is 10.2 Å². The molecule has 0 aliphatic heterocycles. The van der Waals surface area contributed by atoms with Crippen LogP contribution in [-0.2, 0) is 12.8 Å². The molecule has 0 spiro atoms. The van der Waals surface area contributed by atoms with Gasteiger partial charge in [-0.1, -0.05) is 75.8 Å². The lowest BCUT2D eigenvalue weighted by Crippen LogP contribution is -2.05. The molecule has 0 fully saturated rings. The van der Waals surface area contributed by atoms with Gasteiger partial charge in [-0.05, 0) is 43.7 Å². The van der Waals surface area contributed by atoms with Crippen molar-refractivity contribution in [3.05, 3.63) is 57.3 Å². The van der Waals surface area contributed by atoms with Crippen LogP contribution in [0.5, 0.6) is 6.08 Å². The molecule has 1 aromatic carbocycles. The molecule has 3 aromatic rings. The van der Waals surface area contributed by atoms with Crippen LogP contribution in [0.15, 0.2) is 45.6 Å². The van der Waals surface area contributed by atoms with Gasteiger partial charge >= 0.3 is 11.7 Å². The van der Waals surface area contributed by atoms with Crippen molar-refractivity contribution in [3.63, 3.8) is 0 Å². The first kappa shape index (κ1) is 22.5. The first-order chi connectivity index (χ1) is 14.8. The molecule has 0 aliphatic rings. The summed E-state index contributed by atoms with van der Waals surface area (Å²) in [5.74, 6) is 0. The number of fused-ring (bicyclic) bond motifs is 1. The minimum absolute atomic E-state index is 0.109. The summed E-state index contributed by atoms with van der Waals surface area (Å²) in [6, 6.07) is 12.5. The highest BCUT2D eigenvalue weighted by Gasteiger charge is 2.11. The number of nitrogens with zero attached hydrogens (tertiary/aromatic N) is 1. The molecule has 4 nitrogen and oxygen atoms in total. The van der Waals surface area contributed by atoms with E-state index in [1.807, 2.05) is 6.07 Å². The minimum Gasteiger partial charge on any atom is -0.450 e. The molecule has 2 aromatic heterocycles. The lowest BCUT2D eigenvalue weighted by Gasteiger charge is -2.03. The zero-order chi connectivity index (χ0) is 21.0. The summed E-state index contributed by atoms with van der Waals surface area (Å²) in [5.41, 5.74) is 1.05. The Kier molecular flexibility index (Phi) is 9.42. The first-order valence-electron chi connectivity index (χ1n) is 11.4. The molecule has 0 aliphatic carbocycles. The highest BCUT2D eigenvalue weighted by Crippen LogP contribution is 2.25. The minimum atomic E-state index is -0.343. The summed E-state index contributed by atoms with van der Waals surface area (Å²) in [6.07, 6.45) is 12.8. The van der Waals surface area contributed by atoms with Gasteiger partial charge in [0.25, 0.3) is 0 Å². The van der Waals surface area contributed by atoms with Crippen molar-refractivity contribution in [1.29, 1.82) is 0 Å². The summed E-state index contributed by atoms with van der Waals surface area (Å²) in [6.45, 7) is 2.77. The van der Waals surface area contributed by atoms with Crippen molar-refractivity contribution >= 4 is 21.6 Å². The monoisotopic (exact) mass is 427 g/mol. The predicted octanol–water partition coefficient (Wildman–Crippen LogP) is 6.94. The molecule has 0 unspecified atom stereocenters. The maximum atomic E-state index is 12.3. The van der Waals surface area contributed by atoms with Crippen molar-refractivity contribution in [1.82, 2.24) is 4.98 Å². The van der Waals surface area contributed by atoms with Gasteiger partial charge in [-0.2, -0.15) is 4.98 Å². The molecule has 0 saturated heterocycles. The Hall–Kier alpha value is -2.14. The number of thiophene rings is 1. The second kappa shape index (κ2) is 12.5. The van der Waals surface area contributed by atoms with E-state index in [2.05, 4.69) is 42.2 Å². The molecule has 0 bridgehead atoms. The van der Waals surface area contributed by atoms with E-state index in [1.54, 1.807) is 11.3 Å². The fraction of sp³-hybridized carbons (Fsp3) is 0.520. The van der Waals surface area contributed by atoms with Gasteiger partial charge in [0, 0.05) is 4.88 Å². The van der Waals surface area contributed by atoms with Crippen molar-refractivity contribution in [3.8, 4) is 6.08 Å². The number of hydrogen-bond acceptors (Lipinski definition) is 5. The van der Waals surface area contributed by atoms with E-state index in [0.717, 1.165) is 36.9 Å². The van der Waals surface area contributed by atoms with E-state index in [4.69, 9.17) is 9.15 Å². The number of ether oxygens (including phenoxy) is 1. The molecular formula is C25H33NO3S. The molecule has 0 atom stereocenters. The Morgan fingerprint density at radius 1 is 0.933 bits per heavy atom. The van der Waals surface area contributed by atoms with E-state index in [0.29, 0.717) is 12.0 Å². The average Bonchev–Trinajstić information content (AvgIpc) is 3.17. The topological polar surface area (TPSA) is 52.3 Å². The van der Waals surface area contributed by atoms with Crippen LogP contribution < -0.4 is 10.4 Å². The third-order valence-corrected chi connectivity index (χ3v) is 6.40. The highest BCUT2D eigenvalue weighted by atomic mass is 32.1. The van der Waals surface area contributed by atoms with Gasteiger partial charge in [-0.15, -0.1) is 11.3 Å². The maximum absolute atomic E-state index is 12.3. The van der Waals surface area contributed by atoms with Gasteiger partial charge in [0.1, 0.15) is 4.83 Å². The molecule has 0 N–H and O–H groups in total. The maximum Gasteiger partial charge on any atom is 0.397 e. The van der Waals surface area contributed by atoms with Crippen LogP contribution in [0, 0.1) is 0 Å². The molecule has 0 saturated carbocycles.